The molecule has 1 aromatic heterocycles. The molecule has 0 spiro atoms. The van der Waals surface area contributed by atoms with Crippen molar-refractivity contribution in [1.29, 1.82) is 0 Å². The van der Waals surface area contributed by atoms with Crippen LogP contribution in [0.2, 0.25) is 0 Å². The minimum absolute atomic E-state index is 0.0361. The Hall–Kier alpha value is -1.01. The summed E-state index contributed by atoms with van der Waals surface area (Å²) in [7, 11) is 0. The zero-order chi connectivity index (χ0) is 8.81. The Balaban J connectivity index is 2.27. The molecule has 66 valence electrons. The smallest absolute Gasteiger partial charge is 0.225 e. The number of aromatic nitrogens is 2. The number of carbonyl (C=O) groups is 1. The van der Waals surface area contributed by atoms with E-state index in [1.165, 1.54) is 6.20 Å². The Bertz CT molecular complexity index is 237. The van der Waals surface area contributed by atoms with Crippen LogP contribution in [0.1, 0.15) is 12.8 Å². The summed E-state index contributed by atoms with van der Waals surface area (Å²) >= 11 is 1.13. The number of rotatable bonds is 4. The SMILES string of the molecule is O=C(CCCO)Nc1cnns1. The molecule has 0 saturated carbocycles. The second kappa shape index (κ2) is 4.78. The van der Waals surface area contributed by atoms with Crippen molar-refractivity contribution in [2.24, 2.45) is 0 Å². The lowest BCUT2D eigenvalue weighted by Crippen LogP contribution is -2.10. The van der Waals surface area contributed by atoms with E-state index < -0.39 is 0 Å². The molecule has 0 radical (unpaired) electrons. The largest absolute Gasteiger partial charge is 0.396 e. The summed E-state index contributed by atoms with van der Waals surface area (Å²) < 4.78 is 3.58. The molecule has 1 heterocycles. The van der Waals surface area contributed by atoms with E-state index in [0.717, 1.165) is 11.5 Å². The highest BCUT2D eigenvalue weighted by atomic mass is 32.1. The fraction of sp³-hybridized carbons (Fsp3) is 0.500. The van der Waals surface area contributed by atoms with Gasteiger partial charge in [-0.25, -0.2) is 0 Å². The zero-order valence-electron chi connectivity index (χ0n) is 6.36. The first kappa shape index (κ1) is 9.08. The maximum Gasteiger partial charge on any atom is 0.225 e. The average Bonchev–Trinajstić information content (AvgIpc) is 2.53. The van der Waals surface area contributed by atoms with Crippen molar-refractivity contribution >= 4 is 22.4 Å². The van der Waals surface area contributed by atoms with Crippen LogP contribution in [0.4, 0.5) is 5.00 Å². The summed E-state index contributed by atoms with van der Waals surface area (Å²) in [6.07, 6.45) is 2.30. The van der Waals surface area contributed by atoms with Crippen LogP contribution < -0.4 is 5.32 Å². The number of anilines is 1. The van der Waals surface area contributed by atoms with Crippen LogP contribution in [0.25, 0.3) is 0 Å². The third kappa shape index (κ3) is 2.93. The molecule has 1 rings (SSSR count). The van der Waals surface area contributed by atoms with Gasteiger partial charge in [0, 0.05) is 24.6 Å². The van der Waals surface area contributed by atoms with E-state index >= 15 is 0 Å². The molecule has 0 aromatic carbocycles. The Kier molecular flexibility index (Phi) is 3.62. The van der Waals surface area contributed by atoms with Crippen LogP contribution in [-0.2, 0) is 4.79 Å². The molecule has 0 aliphatic rings. The normalized spacial score (nSPS) is 9.75. The monoisotopic (exact) mass is 187 g/mol. The van der Waals surface area contributed by atoms with Gasteiger partial charge in [0.2, 0.25) is 5.91 Å². The number of carbonyl (C=O) groups excluding carboxylic acids is 1. The summed E-state index contributed by atoms with van der Waals surface area (Å²) in [6, 6.07) is 0. The molecule has 0 aliphatic carbocycles. The highest BCUT2D eigenvalue weighted by Crippen LogP contribution is 2.09. The maximum atomic E-state index is 11.0. The summed E-state index contributed by atoms with van der Waals surface area (Å²) in [5.74, 6) is -0.116. The number of hydrogen-bond acceptors (Lipinski definition) is 5. The predicted molar refractivity (Wildman–Crippen MR) is 44.9 cm³/mol. The van der Waals surface area contributed by atoms with Crippen LogP contribution in [0.3, 0.4) is 0 Å². The Morgan fingerprint density at radius 3 is 3.17 bits per heavy atom. The molecule has 1 aromatic rings. The van der Waals surface area contributed by atoms with Crippen molar-refractivity contribution in [1.82, 2.24) is 9.59 Å². The Morgan fingerprint density at radius 2 is 2.58 bits per heavy atom. The van der Waals surface area contributed by atoms with Gasteiger partial charge in [-0.3, -0.25) is 4.79 Å². The molecule has 0 bridgehead atoms. The topological polar surface area (TPSA) is 75.1 Å². The van der Waals surface area contributed by atoms with Gasteiger partial charge in [-0.1, -0.05) is 4.49 Å². The van der Waals surface area contributed by atoms with E-state index in [4.69, 9.17) is 5.11 Å². The fourth-order valence-electron chi connectivity index (χ4n) is 0.662. The second-order valence-electron chi connectivity index (χ2n) is 2.16. The van der Waals surface area contributed by atoms with Crippen molar-refractivity contribution in [3.8, 4) is 0 Å². The lowest BCUT2D eigenvalue weighted by Gasteiger charge is -1.98. The first-order valence-electron chi connectivity index (χ1n) is 3.51. The Labute approximate surface area is 73.6 Å². The second-order valence-corrected chi connectivity index (χ2v) is 2.94. The predicted octanol–water partition coefficient (Wildman–Crippen LogP) is 0.249. The summed E-state index contributed by atoms with van der Waals surface area (Å²) in [4.78, 5) is 11.0. The highest BCUT2D eigenvalue weighted by molar-refractivity contribution is 7.10. The molecule has 6 heteroatoms. The van der Waals surface area contributed by atoms with Gasteiger partial charge in [0.15, 0.2) is 0 Å². The van der Waals surface area contributed by atoms with Gasteiger partial charge in [0.05, 0.1) is 6.20 Å². The van der Waals surface area contributed by atoms with Gasteiger partial charge >= 0.3 is 0 Å². The molecule has 1 amide bonds. The number of nitrogens with one attached hydrogen (secondary N) is 1. The number of aliphatic hydroxyl groups excluding tert-OH is 1. The lowest BCUT2D eigenvalue weighted by atomic mass is 10.3. The fourth-order valence-corrected chi connectivity index (χ4v) is 1.10. The van der Waals surface area contributed by atoms with Gasteiger partial charge < -0.3 is 10.4 Å². The van der Waals surface area contributed by atoms with E-state index in [0.29, 0.717) is 17.8 Å². The lowest BCUT2D eigenvalue weighted by molar-refractivity contribution is -0.116. The Morgan fingerprint density at radius 1 is 1.75 bits per heavy atom. The summed E-state index contributed by atoms with van der Waals surface area (Å²) in [5, 5.41) is 15.2. The van der Waals surface area contributed by atoms with Crippen LogP contribution in [0.5, 0.6) is 0 Å². The van der Waals surface area contributed by atoms with Gasteiger partial charge in [-0.2, -0.15) is 0 Å². The van der Waals surface area contributed by atoms with Crippen LogP contribution in [0, 0.1) is 0 Å². The number of hydrogen-bond donors (Lipinski definition) is 2. The minimum atomic E-state index is -0.116. The standard InChI is InChI=1S/C6H9N3O2S/c10-3-1-2-5(11)8-6-4-7-9-12-6/h4,10H,1-3H2,(H,8,11). The molecule has 5 nitrogen and oxygen atoms in total. The van der Waals surface area contributed by atoms with Gasteiger partial charge in [0.1, 0.15) is 5.00 Å². The quantitative estimate of drug-likeness (QED) is 0.708. The van der Waals surface area contributed by atoms with Crippen molar-refractivity contribution in [2.45, 2.75) is 12.8 Å². The zero-order valence-corrected chi connectivity index (χ0v) is 7.17. The first-order chi connectivity index (χ1) is 5.83. The molecule has 0 saturated heterocycles. The van der Waals surface area contributed by atoms with Gasteiger partial charge in [-0.05, 0) is 6.42 Å². The van der Waals surface area contributed by atoms with Crippen LogP contribution in [0.15, 0.2) is 6.20 Å². The van der Waals surface area contributed by atoms with E-state index in [9.17, 15) is 4.79 Å². The average molecular weight is 187 g/mol. The van der Waals surface area contributed by atoms with Crippen molar-refractivity contribution in [3.63, 3.8) is 0 Å². The van der Waals surface area contributed by atoms with Gasteiger partial charge in [-0.15, -0.1) is 5.10 Å². The van der Waals surface area contributed by atoms with Crippen molar-refractivity contribution in [2.75, 3.05) is 11.9 Å². The summed E-state index contributed by atoms with van der Waals surface area (Å²) in [5.41, 5.74) is 0. The highest BCUT2D eigenvalue weighted by Gasteiger charge is 2.02. The first-order valence-corrected chi connectivity index (χ1v) is 4.28. The van der Waals surface area contributed by atoms with E-state index in [1.807, 2.05) is 0 Å². The molecule has 12 heavy (non-hydrogen) atoms. The minimum Gasteiger partial charge on any atom is -0.396 e. The summed E-state index contributed by atoms with van der Waals surface area (Å²) in [6.45, 7) is 0.0361. The molecule has 0 unspecified atom stereocenters. The maximum absolute atomic E-state index is 11.0. The van der Waals surface area contributed by atoms with Crippen molar-refractivity contribution in [3.05, 3.63) is 6.20 Å². The van der Waals surface area contributed by atoms with Gasteiger partial charge in [0.25, 0.3) is 0 Å². The van der Waals surface area contributed by atoms with Crippen molar-refractivity contribution < 1.29 is 9.90 Å². The molecule has 0 aliphatic heterocycles. The third-order valence-corrected chi connectivity index (χ3v) is 1.77. The number of aliphatic hydroxyl groups is 1. The molecule has 2 N–H and O–H groups in total. The molecule has 0 atom stereocenters. The third-order valence-electron chi connectivity index (χ3n) is 1.19. The molecule has 0 fully saturated rings. The van der Waals surface area contributed by atoms with E-state index in [1.54, 1.807) is 0 Å². The number of nitrogens with zero attached hydrogens (tertiary/aromatic N) is 2. The van der Waals surface area contributed by atoms with E-state index in [2.05, 4.69) is 14.9 Å². The van der Waals surface area contributed by atoms with Crippen LogP contribution in [-0.4, -0.2) is 27.2 Å². The molecular weight excluding hydrogens is 178 g/mol. The van der Waals surface area contributed by atoms with E-state index in [-0.39, 0.29) is 12.5 Å². The van der Waals surface area contributed by atoms with Crippen LogP contribution >= 0.6 is 11.5 Å². The number of amides is 1. The molecular formula is C6H9N3O2S.